The van der Waals surface area contributed by atoms with Gasteiger partial charge in [0.15, 0.2) is 0 Å². The number of carbonyl (C=O) groups is 1. The molecule has 4 rings (SSSR count). The molecule has 6 nitrogen and oxygen atoms in total. The van der Waals surface area contributed by atoms with Crippen molar-refractivity contribution in [2.75, 3.05) is 45.9 Å². The van der Waals surface area contributed by atoms with E-state index in [-0.39, 0.29) is 5.91 Å². The molecule has 2 aliphatic heterocycles. The molecule has 3 heterocycles. The van der Waals surface area contributed by atoms with Crippen molar-refractivity contribution in [3.63, 3.8) is 0 Å². The number of fused-ring (bicyclic) bond motifs is 1. The molecule has 1 aromatic carbocycles. The lowest BCUT2D eigenvalue weighted by atomic mass is 10.0. The van der Waals surface area contributed by atoms with E-state index in [9.17, 15) is 9.90 Å². The number of aliphatic hydroxyl groups is 1. The molecule has 140 valence electrons. The monoisotopic (exact) mass is 357 g/mol. The van der Waals surface area contributed by atoms with Crippen LogP contribution in [-0.2, 0) is 4.74 Å². The Balaban J connectivity index is 1.47. The molecular formula is C20H27N3O3. The van der Waals surface area contributed by atoms with Gasteiger partial charge in [-0.2, -0.15) is 0 Å². The van der Waals surface area contributed by atoms with Crippen LogP contribution in [0.2, 0.25) is 0 Å². The Morgan fingerprint density at radius 3 is 2.81 bits per heavy atom. The summed E-state index contributed by atoms with van der Waals surface area (Å²) in [4.78, 5) is 20.3. The van der Waals surface area contributed by atoms with E-state index in [0.29, 0.717) is 44.8 Å². The molecule has 2 fully saturated rings. The molecule has 0 spiro atoms. The number of carbonyl (C=O) groups excluding carboxylic acids is 1. The van der Waals surface area contributed by atoms with Crippen molar-refractivity contribution in [2.24, 2.45) is 0 Å². The maximum absolute atomic E-state index is 13.0. The summed E-state index contributed by atoms with van der Waals surface area (Å²) in [6.45, 7) is 8.84. The molecule has 2 N–H and O–H groups in total. The number of β-amino-alcohol motifs (C(OH)–C–C–N with tert-alkyl or cyclic N) is 1. The third-order valence-corrected chi connectivity index (χ3v) is 5.80. The Hall–Kier alpha value is -1.89. The van der Waals surface area contributed by atoms with Crippen LogP contribution in [0.3, 0.4) is 0 Å². The third-order valence-electron chi connectivity index (χ3n) is 5.80. The van der Waals surface area contributed by atoms with Gasteiger partial charge < -0.3 is 19.7 Å². The van der Waals surface area contributed by atoms with Crippen LogP contribution in [0.25, 0.3) is 10.9 Å². The van der Waals surface area contributed by atoms with E-state index in [0.717, 1.165) is 29.7 Å². The van der Waals surface area contributed by atoms with Crippen LogP contribution in [0.15, 0.2) is 18.2 Å². The van der Waals surface area contributed by atoms with E-state index in [1.807, 2.05) is 25.1 Å². The maximum Gasteiger partial charge on any atom is 0.253 e. The summed E-state index contributed by atoms with van der Waals surface area (Å²) < 4.78 is 5.37. The zero-order valence-electron chi connectivity index (χ0n) is 15.5. The maximum atomic E-state index is 13.0. The predicted octanol–water partition coefficient (Wildman–Crippen LogP) is 1.69. The van der Waals surface area contributed by atoms with E-state index in [1.54, 1.807) is 4.90 Å². The molecule has 1 amide bonds. The molecule has 26 heavy (non-hydrogen) atoms. The topological polar surface area (TPSA) is 68.8 Å². The SMILES string of the molecule is Cc1[nH]c2ccc(C(=O)N3CCC(O)(CN4CCOCC4)C3)cc2c1C. The molecule has 1 unspecified atom stereocenters. The molecule has 0 saturated carbocycles. The number of ether oxygens (including phenoxy) is 1. The van der Waals surface area contributed by atoms with E-state index in [2.05, 4.69) is 16.8 Å². The fraction of sp³-hybridized carbons (Fsp3) is 0.550. The number of aromatic nitrogens is 1. The molecular weight excluding hydrogens is 330 g/mol. The number of nitrogens with one attached hydrogen (secondary N) is 1. The van der Waals surface area contributed by atoms with E-state index >= 15 is 0 Å². The van der Waals surface area contributed by atoms with Gasteiger partial charge in [0.25, 0.3) is 5.91 Å². The number of likely N-dealkylation sites (tertiary alicyclic amines) is 1. The quantitative estimate of drug-likeness (QED) is 0.877. The number of aryl methyl sites for hydroxylation is 2. The summed E-state index contributed by atoms with van der Waals surface area (Å²) in [5, 5.41) is 12.0. The normalized spacial score (nSPS) is 24.5. The molecule has 1 atom stereocenters. The fourth-order valence-corrected chi connectivity index (χ4v) is 4.11. The zero-order valence-corrected chi connectivity index (χ0v) is 15.5. The van der Waals surface area contributed by atoms with Gasteiger partial charge >= 0.3 is 0 Å². The first-order valence-electron chi connectivity index (χ1n) is 9.36. The summed E-state index contributed by atoms with van der Waals surface area (Å²) >= 11 is 0. The van der Waals surface area contributed by atoms with Crippen LogP contribution < -0.4 is 0 Å². The lowest BCUT2D eigenvalue weighted by Gasteiger charge is -2.33. The smallest absolute Gasteiger partial charge is 0.253 e. The van der Waals surface area contributed by atoms with Gasteiger partial charge in [0.05, 0.1) is 25.4 Å². The van der Waals surface area contributed by atoms with Crippen molar-refractivity contribution in [2.45, 2.75) is 25.9 Å². The molecule has 2 aliphatic rings. The van der Waals surface area contributed by atoms with E-state index < -0.39 is 5.60 Å². The van der Waals surface area contributed by atoms with Crippen LogP contribution in [0, 0.1) is 13.8 Å². The number of benzene rings is 1. The van der Waals surface area contributed by atoms with Crippen molar-refractivity contribution in [1.29, 1.82) is 0 Å². The molecule has 0 bridgehead atoms. The summed E-state index contributed by atoms with van der Waals surface area (Å²) in [6.07, 6.45) is 0.626. The Morgan fingerprint density at radius 1 is 1.27 bits per heavy atom. The van der Waals surface area contributed by atoms with Crippen molar-refractivity contribution < 1.29 is 14.6 Å². The van der Waals surface area contributed by atoms with Gasteiger partial charge in [-0.1, -0.05) is 0 Å². The summed E-state index contributed by atoms with van der Waals surface area (Å²) in [5.41, 5.74) is 3.24. The van der Waals surface area contributed by atoms with Gasteiger partial charge in [0.1, 0.15) is 0 Å². The zero-order chi connectivity index (χ0) is 18.3. The van der Waals surface area contributed by atoms with Gasteiger partial charge in [-0.25, -0.2) is 0 Å². The molecule has 0 radical (unpaired) electrons. The number of aromatic amines is 1. The van der Waals surface area contributed by atoms with Crippen molar-refractivity contribution in [3.8, 4) is 0 Å². The van der Waals surface area contributed by atoms with Crippen molar-refractivity contribution in [3.05, 3.63) is 35.0 Å². The number of H-pyrrole nitrogens is 1. The predicted molar refractivity (Wildman–Crippen MR) is 101 cm³/mol. The number of hydrogen-bond acceptors (Lipinski definition) is 4. The highest BCUT2D eigenvalue weighted by Gasteiger charge is 2.39. The van der Waals surface area contributed by atoms with Crippen LogP contribution >= 0.6 is 0 Å². The van der Waals surface area contributed by atoms with Gasteiger partial charge in [-0.05, 0) is 44.0 Å². The fourth-order valence-electron chi connectivity index (χ4n) is 4.11. The minimum absolute atomic E-state index is 0.00283. The Bertz CT molecular complexity index is 825. The van der Waals surface area contributed by atoms with Gasteiger partial charge in [-0.3, -0.25) is 9.69 Å². The van der Waals surface area contributed by atoms with Gasteiger partial charge in [-0.15, -0.1) is 0 Å². The lowest BCUT2D eigenvalue weighted by molar-refractivity contribution is -0.0257. The molecule has 6 heteroatoms. The van der Waals surface area contributed by atoms with Crippen LogP contribution in [-0.4, -0.2) is 77.3 Å². The van der Waals surface area contributed by atoms with Crippen LogP contribution in [0.4, 0.5) is 0 Å². The highest BCUT2D eigenvalue weighted by Crippen LogP contribution is 2.27. The van der Waals surface area contributed by atoms with Crippen molar-refractivity contribution >= 4 is 16.8 Å². The molecule has 1 aromatic heterocycles. The highest BCUT2D eigenvalue weighted by atomic mass is 16.5. The first-order chi connectivity index (χ1) is 12.5. The standard InChI is InChI=1S/C20H27N3O3/c1-14-15(2)21-18-4-3-16(11-17(14)18)19(24)23-6-5-20(25,13-23)12-22-7-9-26-10-8-22/h3-4,11,21,25H,5-10,12-13H2,1-2H3. The Kier molecular flexibility index (Phi) is 4.50. The van der Waals surface area contributed by atoms with Crippen LogP contribution in [0.5, 0.6) is 0 Å². The minimum Gasteiger partial charge on any atom is -0.387 e. The summed E-state index contributed by atoms with van der Waals surface area (Å²) in [6, 6.07) is 5.81. The number of rotatable bonds is 3. The second kappa shape index (κ2) is 6.68. The van der Waals surface area contributed by atoms with E-state index in [4.69, 9.17) is 4.74 Å². The first kappa shape index (κ1) is 17.5. The largest absolute Gasteiger partial charge is 0.387 e. The number of morpholine rings is 1. The first-order valence-corrected chi connectivity index (χ1v) is 9.36. The Labute approximate surface area is 153 Å². The molecule has 2 aromatic rings. The second-order valence-corrected chi connectivity index (χ2v) is 7.72. The Morgan fingerprint density at radius 2 is 2.04 bits per heavy atom. The lowest BCUT2D eigenvalue weighted by Crippen LogP contribution is -2.49. The number of hydrogen-bond donors (Lipinski definition) is 2. The van der Waals surface area contributed by atoms with Crippen LogP contribution in [0.1, 0.15) is 28.0 Å². The molecule has 2 saturated heterocycles. The van der Waals surface area contributed by atoms with Gasteiger partial charge in [0.2, 0.25) is 0 Å². The second-order valence-electron chi connectivity index (χ2n) is 7.72. The molecule has 0 aliphatic carbocycles. The van der Waals surface area contributed by atoms with Crippen molar-refractivity contribution in [1.82, 2.24) is 14.8 Å². The number of amides is 1. The summed E-state index contributed by atoms with van der Waals surface area (Å²) in [7, 11) is 0. The average Bonchev–Trinajstić information content (AvgIpc) is 3.15. The highest BCUT2D eigenvalue weighted by molar-refractivity contribution is 5.99. The van der Waals surface area contributed by atoms with Gasteiger partial charge in [0, 0.05) is 48.3 Å². The van der Waals surface area contributed by atoms with E-state index in [1.165, 1.54) is 5.56 Å². The minimum atomic E-state index is -0.822. The third kappa shape index (κ3) is 3.24. The average molecular weight is 357 g/mol. The summed E-state index contributed by atoms with van der Waals surface area (Å²) in [5.74, 6) is 0.00283. The number of nitrogens with zero attached hydrogens (tertiary/aromatic N) is 2.